The summed E-state index contributed by atoms with van der Waals surface area (Å²) in [4.78, 5) is 23.3. The van der Waals surface area contributed by atoms with Crippen LogP contribution in [0.15, 0.2) is 0 Å². The molecule has 0 saturated carbocycles. The number of carbonyl (C=O) groups is 2. The van der Waals surface area contributed by atoms with Gasteiger partial charge in [0.05, 0.1) is 11.8 Å². The second-order valence-corrected chi connectivity index (χ2v) is 4.15. The summed E-state index contributed by atoms with van der Waals surface area (Å²) in [6.45, 7) is 3.57. The van der Waals surface area contributed by atoms with Gasteiger partial charge in [0.15, 0.2) is 0 Å². The van der Waals surface area contributed by atoms with Crippen LogP contribution < -0.4 is 0 Å². The van der Waals surface area contributed by atoms with Gasteiger partial charge in [0.2, 0.25) is 0 Å². The summed E-state index contributed by atoms with van der Waals surface area (Å²) in [6, 6.07) is 0. The standard InChI is InChI=1S/C10H17NO4/c1-7(9(12)13)6-11-4-2-8(3-5-11)10(14)15/h7-8H,2-6H2,1H3,(H,12,13)(H,14,15). The molecule has 1 atom stereocenters. The Morgan fingerprint density at radius 2 is 1.87 bits per heavy atom. The molecule has 1 rings (SSSR count). The minimum atomic E-state index is -0.796. The first-order chi connectivity index (χ1) is 7.00. The predicted molar refractivity (Wildman–Crippen MR) is 53.6 cm³/mol. The van der Waals surface area contributed by atoms with Crippen molar-refractivity contribution in [3.05, 3.63) is 0 Å². The van der Waals surface area contributed by atoms with E-state index in [1.165, 1.54) is 0 Å². The molecular formula is C10H17NO4. The number of rotatable bonds is 4. The number of nitrogens with zero attached hydrogens (tertiary/aromatic N) is 1. The van der Waals surface area contributed by atoms with Crippen molar-refractivity contribution in [1.29, 1.82) is 0 Å². The maximum absolute atomic E-state index is 10.7. The monoisotopic (exact) mass is 215 g/mol. The number of piperidine rings is 1. The first-order valence-corrected chi connectivity index (χ1v) is 5.18. The summed E-state index contributed by atoms with van der Waals surface area (Å²) < 4.78 is 0. The van der Waals surface area contributed by atoms with E-state index in [9.17, 15) is 9.59 Å². The van der Waals surface area contributed by atoms with Crippen LogP contribution in [0.5, 0.6) is 0 Å². The second-order valence-electron chi connectivity index (χ2n) is 4.15. The Balaban J connectivity index is 2.31. The van der Waals surface area contributed by atoms with Crippen LogP contribution in [-0.4, -0.2) is 46.7 Å². The lowest BCUT2D eigenvalue weighted by Gasteiger charge is -2.30. The molecule has 1 aliphatic heterocycles. The first kappa shape index (κ1) is 12.0. The van der Waals surface area contributed by atoms with Crippen molar-refractivity contribution in [2.75, 3.05) is 19.6 Å². The van der Waals surface area contributed by atoms with E-state index in [2.05, 4.69) is 0 Å². The van der Waals surface area contributed by atoms with Gasteiger partial charge in [-0.2, -0.15) is 0 Å². The molecule has 1 heterocycles. The highest BCUT2D eigenvalue weighted by Gasteiger charge is 2.26. The molecule has 15 heavy (non-hydrogen) atoms. The van der Waals surface area contributed by atoms with E-state index in [1.807, 2.05) is 4.90 Å². The minimum absolute atomic E-state index is 0.249. The third kappa shape index (κ3) is 3.51. The van der Waals surface area contributed by atoms with Gasteiger partial charge in [-0.05, 0) is 25.9 Å². The topological polar surface area (TPSA) is 77.8 Å². The third-order valence-electron chi connectivity index (χ3n) is 2.89. The Hall–Kier alpha value is -1.10. The normalized spacial score (nSPS) is 21.1. The van der Waals surface area contributed by atoms with Crippen LogP contribution in [-0.2, 0) is 9.59 Å². The van der Waals surface area contributed by atoms with Crippen LogP contribution in [0.2, 0.25) is 0 Å². The van der Waals surface area contributed by atoms with Crippen molar-refractivity contribution >= 4 is 11.9 Å². The summed E-state index contributed by atoms with van der Waals surface area (Å²) in [5, 5.41) is 17.5. The van der Waals surface area contributed by atoms with Crippen molar-refractivity contribution in [3.8, 4) is 0 Å². The Morgan fingerprint density at radius 3 is 2.27 bits per heavy atom. The molecular weight excluding hydrogens is 198 g/mol. The molecule has 2 N–H and O–H groups in total. The molecule has 0 spiro atoms. The Bertz CT molecular complexity index is 246. The molecule has 86 valence electrons. The SMILES string of the molecule is CC(CN1CCC(C(=O)O)CC1)C(=O)O. The molecule has 0 amide bonds. The molecule has 1 fully saturated rings. The summed E-state index contributed by atoms with van der Waals surface area (Å²) in [7, 11) is 0. The highest BCUT2D eigenvalue weighted by Crippen LogP contribution is 2.18. The zero-order chi connectivity index (χ0) is 11.4. The maximum Gasteiger partial charge on any atom is 0.307 e. The van der Waals surface area contributed by atoms with Crippen LogP contribution in [0.3, 0.4) is 0 Å². The number of carboxylic acids is 2. The van der Waals surface area contributed by atoms with E-state index >= 15 is 0 Å². The molecule has 1 unspecified atom stereocenters. The van der Waals surface area contributed by atoms with E-state index < -0.39 is 11.9 Å². The minimum Gasteiger partial charge on any atom is -0.481 e. The van der Waals surface area contributed by atoms with Crippen molar-refractivity contribution in [2.24, 2.45) is 11.8 Å². The fourth-order valence-corrected chi connectivity index (χ4v) is 1.83. The van der Waals surface area contributed by atoms with Crippen LogP contribution >= 0.6 is 0 Å². The lowest BCUT2D eigenvalue weighted by Crippen LogP contribution is -2.39. The van der Waals surface area contributed by atoms with Crippen molar-refractivity contribution in [3.63, 3.8) is 0 Å². The average Bonchev–Trinajstić information content (AvgIpc) is 2.18. The second kappa shape index (κ2) is 5.11. The molecule has 5 heteroatoms. The molecule has 0 radical (unpaired) electrons. The van der Waals surface area contributed by atoms with Crippen LogP contribution in [0, 0.1) is 11.8 Å². The Morgan fingerprint density at radius 1 is 1.33 bits per heavy atom. The third-order valence-corrected chi connectivity index (χ3v) is 2.89. The molecule has 1 aliphatic rings. The van der Waals surface area contributed by atoms with Gasteiger partial charge >= 0.3 is 11.9 Å². The predicted octanol–water partition coefficient (Wildman–Crippen LogP) is 0.504. The molecule has 0 aromatic heterocycles. The van der Waals surface area contributed by atoms with Gasteiger partial charge in [-0.25, -0.2) is 0 Å². The molecule has 0 aromatic rings. The zero-order valence-electron chi connectivity index (χ0n) is 8.85. The Labute approximate surface area is 88.7 Å². The van der Waals surface area contributed by atoms with E-state index in [-0.39, 0.29) is 11.8 Å². The fraction of sp³-hybridized carbons (Fsp3) is 0.800. The van der Waals surface area contributed by atoms with Gasteiger partial charge in [0, 0.05) is 6.54 Å². The summed E-state index contributed by atoms with van der Waals surface area (Å²) in [5.74, 6) is -2.16. The van der Waals surface area contributed by atoms with Gasteiger partial charge in [0.1, 0.15) is 0 Å². The van der Waals surface area contributed by atoms with Gasteiger partial charge < -0.3 is 15.1 Å². The number of hydrogen-bond acceptors (Lipinski definition) is 3. The quantitative estimate of drug-likeness (QED) is 0.714. The van der Waals surface area contributed by atoms with Gasteiger partial charge in [-0.15, -0.1) is 0 Å². The zero-order valence-corrected chi connectivity index (χ0v) is 8.85. The molecule has 0 bridgehead atoms. The maximum atomic E-state index is 10.7. The average molecular weight is 215 g/mol. The van der Waals surface area contributed by atoms with E-state index in [0.29, 0.717) is 32.5 Å². The number of carboxylic acid groups (broad SMARTS) is 2. The van der Waals surface area contributed by atoms with E-state index in [4.69, 9.17) is 10.2 Å². The molecule has 1 saturated heterocycles. The van der Waals surface area contributed by atoms with Crippen molar-refractivity contribution in [1.82, 2.24) is 4.90 Å². The Kier molecular flexibility index (Phi) is 4.08. The van der Waals surface area contributed by atoms with Gasteiger partial charge in [-0.3, -0.25) is 9.59 Å². The van der Waals surface area contributed by atoms with Gasteiger partial charge in [-0.1, -0.05) is 6.92 Å². The fourth-order valence-electron chi connectivity index (χ4n) is 1.83. The smallest absolute Gasteiger partial charge is 0.307 e. The van der Waals surface area contributed by atoms with Crippen molar-refractivity contribution < 1.29 is 19.8 Å². The van der Waals surface area contributed by atoms with Gasteiger partial charge in [0.25, 0.3) is 0 Å². The highest BCUT2D eigenvalue weighted by molar-refractivity contribution is 5.70. The first-order valence-electron chi connectivity index (χ1n) is 5.18. The van der Waals surface area contributed by atoms with Crippen LogP contribution in [0.1, 0.15) is 19.8 Å². The lowest BCUT2D eigenvalue weighted by atomic mass is 9.96. The summed E-state index contributed by atoms with van der Waals surface area (Å²) >= 11 is 0. The van der Waals surface area contributed by atoms with E-state index in [1.54, 1.807) is 6.92 Å². The lowest BCUT2D eigenvalue weighted by molar-refractivity contribution is -0.145. The molecule has 0 aromatic carbocycles. The van der Waals surface area contributed by atoms with E-state index in [0.717, 1.165) is 0 Å². The summed E-state index contributed by atoms with van der Waals surface area (Å²) in [6.07, 6.45) is 1.25. The molecule has 0 aliphatic carbocycles. The number of likely N-dealkylation sites (tertiary alicyclic amines) is 1. The summed E-state index contributed by atoms with van der Waals surface area (Å²) in [5.41, 5.74) is 0. The molecule has 5 nitrogen and oxygen atoms in total. The number of aliphatic carboxylic acids is 2. The largest absolute Gasteiger partial charge is 0.481 e. The highest BCUT2D eigenvalue weighted by atomic mass is 16.4. The van der Waals surface area contributed by atoms with Crippen molar-refractivity contribution in [2.45, 2.75) is 19.8 Å². The van der Waals surface area contributed by atoms with Crippen LogP contribution in [0.4, 0.5) is 0 Å². The number of hydrogen-bond donors (Lipinski definition) is 2. The van der Waals surface area contributed by atoms with Crippen LogP contribution in [0.25, 0.3) is 0 Å².